The van der Waals surface area contributed by atoms with Crippen molar-refractivity contribution < 1.29 is 13.9 Å². The highest BCUT2D eigenvalue weighted by Gasteiger charge is 2.19. The maximum atomic E-state index is 13.2. The first-order chi connectivity index (χ1) is 10.1. The third-order valence-electron chi connectivity index (χ3n) is 3.33. The van der Waals surface area contributed by atoms with E-state index < -0.39 is 0 Å². The largest absolute Gasteiger partial charge is 0.494 e. The molecule has 0 unspecified atom stereocenters. The van der Waals surface area contributed by atoms with Gasteiger partial charge in [0.1, 0.15) is 11.6 Å². The first-order valence-corrected chi connectivity index (χ1v) is 6.39. The average Bonchev–Trinajstić information content (AvgIpc) is 2.80. The van der Waals surface area contributed by atoms with Crippen LogP contribution in [0.1, 0.15) is 5.56 Å². The normalized spacial score (nSPS) is 12.8. The standard InChI is InChI=1S/C15H14FN3O2/c1-21-14-6-9(16)2-3-11(14)18-13-7-12-8(4-10(13)17)5-15(20)19-12/h2-4,6-7,18H,5,17H2,1H3,(H,19,20). The minimum atomic E-state index is -0.383. The Bertz CT molecular complexity index is 731. The highest BCUT2D eigenvalue weighted by atomic mass is 19.1. The van der Waals surface area contributed by atoms with Gasteiger partial charge in [0.2, 0.25) is 5.91 Å². The number of fused-ring (bicyclic) bond motifs is 1. The number of halogens is 1. The number of hydrogen-bond acceptors (Lipinski definition) is 4. The summed E-state index contributed by atoms with van der Waals surface area (Å²) in [5.41, 5.74) is 9.32. The van der Waals surface area contributed by atoms with Crippen LogP contribution in [0.25, 0.3) is 0 Å². The molecule has 1 heterocycles. The fourth-order valence-electron chi connectivity index (χ4n) is 2.32. The molecule has 21 heavy (non-hydrogen) atoms. The summed E-state index contributed by atoms with van der Waals surface area (Å²) in [7, 11) is 1.46. The Labute approximate surface area is 120 Å². The van der Waals surface area contributed by atoms with E-state index in [9.17, 15) is 9.18 Å². The monoisotopic (exact) mass is 287 g/mol. The van der Waals surface area contributed by atoms with Crippen molar-refractivity contribution in [2.24, 2.45) is 0 Å². The Kier molecular flexibility index (Phi) is 3.13. The number of carbonyl (C=O) groups excluding carboxylic acids is 1. The molecule has 0 saturated carbocycles. The van der Waals surface area contributed by atoms with Gasteiger partial charge in [-0.05, 0) is 29.8 Å². The first kappa shape index (κ1) is 13.2. The minimum Gasteiger partial charge on any atom is -0.494 e. The number of ether oxygens (including phenoxy) is 1. The summed E-state index contributed by atoms with van der Waals surface area (Å²) in [6.07, 6.45) is 0.333. The molecule has 3 rings (SSSR count). The lowest BCUT2D eigenvalue weighted by atomic mass is 10.1. The highest BCUT2D eigenvalue weighted by molar-refractivity contribution is 6.01. The molecule has 108 valence electrons. The second kappa shape index (κ2) is 4.97. The third-order valence-corrected chi connectivity index (χ3v) is 3.33. The van der Waals surface area contributed by atoms with Crippen molar-refractivity contribution in [1.29, 1.82) is 0 Å². The lowest BCUT2D eigenvalue weighted by Crippen LogP contribution is -2.03. The van der Waals surface area contributed by atoms with Crippen LogP contribution in [0.2, 0.25) is 0 Å². The predicted octanol–water partition coefficient (Wildman–Crippen LogP) is 2.65. The molecular formula is C15H14FN3O2. The summed E-state index contributed by atoms with van der Waals surface area (Å²) in [6, 6.07) is 7.70. The van der Waals surface area contributed by atoms with Crippen molar-refractivity contribution in [2.45, 2.75) is 6.42 Å². The predicted molar refractivity (Wildman–Crippen MR) is 79.4 cm³/mol. The van der Waals surface area contributed by atoms with E-state index in [1.807, 2.05) is 0 Å². The zero-order valence-electron chi connectivity index (χ0n) is 11.4. The Balaban J connectivity index is 1.96. The van der Waals surface area contributed by atoms with Gasteiger partial charge in [-0.2, -0.15) is 0 Å². The summed E-state index contributed by atoms with van der Waals surface area (Å²) < 4.78 is 18.3. The maximum absolute atomic E-state index is 13.2. The van der Waals surface area contributed by atoms with E-state index in [4.69, 9.17) is 10.5 Å². The van der Waals surface area contributed by atoms with Crippen LogP contribution >= 0.6 is 0 Å². The zero-order chi connectivity index (χ0) is 15.0. The number of rotatable bonds is 3. The number of anilines is 4. The quantitative estimate of drug-likeness (QED) is 0.759. The molecule has 0 spiro atoms. The van der Waals surface area contributed by atoms with Crippen LogP contribution in [0, 0.1) is 5.82 Å². The van der Waals surface area contributed by atoms with Gasteiger partial charge in [-0.1, -0.05) is 0 Å². The number of methoxy groups -OCH3 is 1. The molecule has 0 saturated heterocycles. The summed E-state index contributed by atoms with van der Waals surface area (Å²) in [5.74, 6) is -0.0635. The molecule has 0 radical (unpaired) electrons. The smallest absolute Gasteiger partial charge is 0.228 e. The highest BCUT2D eigenvalue weighted by Crippen LogP contribution is 2.35. The summed E-state index contributed by atoms with van der Waals surface area (Å²) >= 11 is 0. The molecule has 2 aromatic carbocycles. The van der Waals surface area contributed by atoms with E-state index in [0.29, 0.717) is 29.2 Å². The Morgan fingerprint density at radius 1 is 1.29 bits per heavy atom. The van der Waals surface area contributed by atoms with Gasteiger partial charge in [0, 0.05) is 11.8 Å². The van der Waals surface area contributed by atoms with Gasteiger partial charge in [-0.15, -0.1) is 0 Å². The fourth-order valence-corrected chi connectivity index (χ4v) is 2.32. The maximum Gasteiger partial charge on any atom is 0.228 e. The summed E-state index contributed by atoms with van der Waals surface area (Å²) in [6.45, 7) is 0. The van der Waals surface area contributed by atoms with Crippen LogP contribution in [0.5, 0.6) is 5.75 Å². The van der Waals surface area contributed by atoms with Crippen LogP contribution in [-0.2, 0) is 11.2 Å². The molecule has 2 aromatic rings. The number of benzene rings is 2. The van der Waals surface area contributed by atoms with Crippen LogP contribution in [0.3, 0.4) is 0 Å². The zero-order valence-corrected chi connectivity index (χ0v) is 11.4. The van der Waals surface area contributed by atoms with Crippen molar-refractivity contribution in [3.63, 3.8) is 0 Å². The molecule has 5 nitrogen and oxygen atoms in total. The fraction of sp³-hybridized carbons (Fsp3) is 0.133. The number of nitrogens with two attached hydrogens (primary N) is 1. The lowest BCUT2D eigenvalue weighted by Gasteiger charge is -2.14. The van der Waals surface area contributed by atoms with Crippen molar-refractivity contribution in [1.82, 2.24) is 0 Å². The molecule has 0 bridgehead atoms. The van der Waals surface area contributed by atoms with Crippen molar-refractivity contribution >= 4 is 28.7 Å². The number of amides is 1. The van der Waals surface area contributed by atoms with Gasteiger partial charge in [0.05, 0.1) is 30.6 Å². The molecule has 1 aliphatic rings. The van der Waals surface area contributed by atoms with Crippen molar-refractivity contribution in [3.05, 3.63) is 41.7 Å². The molecule has 6 heteroatoms. The van der Waals surface area contributed by atoms with Crippen LogP contribution < -0.4 is 21.1 Å². The number of hydrogen-bond donors (Lipinski definition) is 3. The number of nitrogen functional groups attached to an aromatic ring is 1. The first-order valence-electron chi connectivity index (χ1n) is 6.39. The molecule has 1 amide bonds. The van der Waals surface area contributed by atoms with Gasteiger partial charge < -0.3 is 21.1 Å². The molecule has 0 fully saturated rings. The van der Waals surface area contributed by atoms with Gasteiger partial charge in [0.15, 0.2) is 0 Å². The van der Waals surface area contributed by atoms with Gasteiger partial charge >= 0.3 is 0 Å². The lowest BCUT2D eigenvalue weighted by molar-refractivity contribution is -0.115. The van der Waals surface area contributed by atoms with E-state index in [2.05, 4.69) is 10.6 Å². The van der Waals surface area contributed by atoms with Crippen LogP contribution in [-0.4, -0.2) is 13.0 Å². The SMILES string of the molecule is COc1cc(F)ccc1Nc1cc2c(cc1N)CC(=O)N2. The Morgan fingerprint density at radius 2 is 2.10 bits per heavy atom. The Hall–Kier alpha value is -2.76. The van der Waals surface area contributed by atoms with E-state index in [0.717, 1.165) is 11.3 Å². The van der Waals surface area contributed by atoms with E-state index in [1.165, 1.54) is 19.2 Å². The molecule has 4 N–H and O–H groups in total. The van der Waals surface area contributed by atoms with Gasteiger partial charge in [0.25, 0.3) is 0 Å². The van der Waals surface area contributed by atoms with Crippen LogP contribution in [0.15, 0.2) is 30.3 Å². The Morgan fingerprint density at radius 3 is 2.86 bits per heavy atom. The van der Waals surface area contributed by atoms with Crippen LogP contribution in [0.4, 0.5) is 27.1 Å². The van der Waals surface area contributed by atoms with Crippen molar-refractivity contribution in [2.75, 3.05) is 23.5 Å². The molecule has 1 aliphatic heterocycles. The third kappa shape index (κ3) is 2.47. The van der Waals surface area contributed by atoms with E-state index in [-0.39, 0.29) is 11.7 Å². The topological polar surface area (TPSA) is 76.4 Å². The minimum absolute atomic E-state index is 0.0547. The molecular weight excluding hydrogens is 273 g/mol. The van der Waals surface area contributed by atoms with Crippen molar-refractivity contribution in [3.8, 4) is 5.75 Å². The molecule has 0 aromatic heterocycles. The summed E-state index contributed by atoms with van der Waals surface area (Å²) in [4.78, 5) is 11.4. The number of carbonyl (C=O) groups is 1. The summed E-state index contributed by atoms with van der Waals surface area (Å²) in [5, 5.41) is 5.86. The van der Waals surface area contributed by atoms with E-state index >= 15 is 0 Å². The second-order valence-corrected chi connectivity index (χ2v) is 4.79. The molecule has 0 aliphatic carbocycles. The van der Waals surface area contributed by atoms with Gasteiger partial charge in [-0.25, -0.2) is 4.39 Å². The second-order valence-electron chi connectivity index (χ2n) is 4.79. The van der Waals surface area contributed by atoms with E-state index in [1.54, 1.807) is 18.2 Å². The van der Waals surface area contributed by atoms with Gasteiger partial charge in [-0.3, -0.25) is 4.79 Å². The average molecular weight is 287 g/mol. The molecule has 0 atom stereocenters. The number of nitrogens with one attached hydrogen (secondary N) is 2.